The third-order valence-electron chi connectivity index (χ3n) is 5.78. The van der Waals surface area contributed by atoms with Crippen molar-refractivity contribution in [2.45, 2.75) is 26.8 Å². The fourth-order valence-corrected chi connectivity index (χ4v) is 4.30. The highest BCUT2D eigenvalue weighted by molar-refractivity contribution is 6.30. The lowest BCUT2D eigenvalue weighted by molar-refractivity contribution is 0.0713. The monoisotopic (exact) mass is 478 g/mol. The van der Waals surface area contributed by atoms with Crippen LogP contribution >= 0.6 is 11.6 Å². The second-order valence-electron chi connectivity index (χ2n) is 8.24. The minimum absolute atomic E-state index is 0.206. The predicted molar refractivity (Wildman–Crippen MR) is 133 cm³/mol. The van der Waals surface area contributed by atoms with Gasteiger partial charge in [0.2, 0.25) is 0 Å². The Balaban J connectivity index is 1.63. The fourth-order valence-electron chi connectivity index (χ4n) is 4.10. The number of aryl methyl sites for hydroxylation is 2. The topological polar surface area (TPSA) is 64.8 Å². The van der Waals surface area contributed by atoms with Crippen LogP contribution in [-0.2, 0) is 13.0 Å². The van der Waals surface area contributed by atoms with E-state index in [4.69, 9.17) is 25.5 Å². The molecule has 2 heterocycles. The average molecular weight is 479 g/mol. The van der Waals surface area contributed by atoms with Gasteiger partial charge in [0.1, 0.15) is 5.15 Å². The van der Waals surface area contributed by atoms with E-state index in [0.717, 1.165) is 33.2 Å². The molecule has 2 aromatic carbocycles. The van der Waals surface area contributed by atoms with Crippen molar-refractivity contribution in [3.8, 4) is 11.5 Å². The first-order chi connectivity index (χ1) is 16.4. The number of hydrogen-bond donors (Lipinski definition) is 0. The van der Waals surface area contributed by atoms with Gasteiger partial charge in [-0.25, -0.2) is 4.98 Å². The zero-order chi connectivity index (χ0) is 24.2. The second-order valence-corrected chi connectivity index (χ2v) is 8.59. The molecule has 0 aliphatic carbocycles. The van der Waals surface area contributed by atoms with E-state index in [0.29, 0.717) is 36.2 Å². The lowest BCUT2D eigenvalue weighted by atomic mass is 10.0. The van der Waals surface area contributed by atoms with Crippen LogP contribution in [0.25, 0.3) is 10.9 Å². The lowest BCUT2D eigenvalue weighted by Gasteiger charge is -2.23. The summed E-state index contributed by atoms with van der Waals surface area (Å²) in [5.41, 5.74) is 4.89. The fraction of sp³-hybridized carbons (Fsp3) is 0.259. The number of fused-ring (bicyclic) bond motifs is 1. The molecule has 0 atom stereocenters. The molecule has 0 unspecified atom stereocenters. The molecule has 0 fully saturated rings. The number of ether oxygens (including phenoxy) is 2. The van der Waals surface area contributed by atoms with Crippen LogP contribution in [0.3, 0.4) is 0 Å². The molecule has 0 bridgehead atoms. The van der Waals surface area contributed by atoms with E-state index in [1.165, 1.54) is 6.26 Å². The van der Waals surface area contributed by atoms with Crippen LogP contribution in [0.5, 0.6) is 11.5 Å². The number of carbonyl (C=O) groups is 1. The number of amides is 1. The Morgan fingerprint density at radius 1 is 1.06 bits per heavy atom. The van der Waals surface area contributed by atoms with E-state index in [1.54, 1.807) is 31.3 Å². The van der Waals surface area contributed by atoms with Gasteiger partial charge < -0.3 is 18.8 Å². The summed E-state index contributed by atoms with van der Waals surface area (Å²) in [5, 5.41) is 1.39. The minimum Gasteiger partial charge on any atom is -0.493 e. The molecule has 34 heavy (non-hydrogen) atoms. The van der Waals surface area contributed by atoms with E-state index in [2.05, 4.69) is 24.0 Å². The van der Waals surface area contributed by atoms with Gasteiger partial charge >= 0.3 is 0 Å². The van der Waals surface area contributed by atoms with Crippen molar-refractivity contribution >= 4 is 28.4 Å². The quantitative estimate of drug-likeness (QED) is 0.290. The van der Waals surface area contributed by atoms with Crippen LogP contribution < -0.4 is 9.47 Å². The van der Waals surface area contributed by atoms with Crippen molar-refractivity contribution in [3.63, 3.8) is 0 Å². The minimum atomic E-state index is -0.206. The summed E-state index contributed by atoms with van der Waals surface area (Å²) in [6.45, 7) is 4.84. The van der Waals surface area contributed by atoms with Gasteiger partial charge in [0.25, 0.3) is 5.91 Å². The Labute approximate surface area is 204 Å². The van der Waals surface area contributed by atoms with Gasteiger partial charge in [0, 0.05) is 24.0 Å². The van der Waals surface area contributed by atoms with Gasteiger partial charge in [-0.15, -0.1) is 0 Å². The molecule has 0 saturated carbocycles. The summed E-state index contributed by atoms with van der Waals surface area (Å²) < 4.78 is 16.1. The molecule has 6 nitrogen and oxygen atoms in total. The zero-order valence-corrected chi connectivity index (χ0v) is 20.5. The Morgan fingerprint density at radius 3 is 2.56 bits per heavy atom. The summed E-state index contributed by atoms with van der Waals surface area (Å²) in [5.74, 6) is 1.39. The molecule has 2 aromatic heterocycles. The number of carbonyl (C=O) groups excluding carboxylic acids is 1. The van der Waals surface area contributed by atoms with Gasteiger partial charge in [-0.2, -0.15) is 0 Å². The Morgan fingerprint density at radius 2 is 1.85 bits per heavy atom. The largest absolute Gasteiger partial charge is 0.493 e. The highest BCUT2D eigenvalue weighted by Gasteiger charge is 2.21. The number of nitrogens with zero attached hydrogens (tertiary/aromatic N) is 2. The van der Waals surface area contributed by atoms with Crippen LogP contribution in [0.15, 0.2) is 59.2 Å². The number of rotatable bonds is 8. The smallest absolute Gasteiger partial charge is 0.289 e. The second kappa shape index (κ2) is 10.2. The number of pyridine rings is 1. The van der Waals surface area contributed by atoms with Crippen molar-refractivity contribution in [1.82, 2.24) is 9.88 Å². The molecule has 0 radical (unpaired) electrons. The molecule has 0 aliphatic rings. The Kier molecular flexibility index (Phi) is 7.08. The van der Waals surface area contributed by atoms with Crippen molar-refractivity contribution in [3.05, 3.63) is 88.0 Å². The van der Waals surface area contributed by atoms with Gasteiger partial charge in [-0.3, -0.25) is 4.79 Å². The molecule has 4 rings (SSSR count). The van der Waals surface area contributed by atoms with E-state index in [1.807, 2.05) is 31.2 Å². The average Bonchev–Trinajstić information content (AvgIpc) is 3.37. The Hall–Kier alpha value is -3.51. The number of halogens is 1. The van der Waals surface area contributed by atoms with Crippen LogP contribution in [0, 0.1) is 13.8 Å². The molecule has 1 amide bonds. The number of aromatic nitrogens is 1. The summed E-state index contributed by atoms with van der Waals surface area (Å²) in [4.78, 5) is 19.6. The first-order valence-electron chi connectivity index (χ1n) is 11.0. The van der Waals surface area contributed by atoms with Gasteiger partial charge in [-0.05, 0) is 67.8 Å². The number of furan rings is 1. The van der Waals surface area contributed by atoms with Crippen LogP contribution in [-0.4, -0.2) is 36.6 Å². The van der Waals surface area contributed by atoms with Crippen LogP contribution in [0.4, 0.5) is 0 Å². The summed E-state index contributed by atoms with van der Waals surface area (Å²) >= 11 is 6.58. The first kappa shape index (κ1) is 23.6. The number of methoxy groups -OCH3 is 2. The third-order valence-corrected chi connectivity index (χ3v) is 6.10. The van der Waals surface area contributed by atoms with E-state index in [-0.39, 0.29) is 11.7 Å². The highest BCUT2D eigenvalue weighted by Crippen LogP contribution is 2.29. The van der Waals surface area contributed by atoms with Gasteiger partial charge in [-0.1, -0.05) is 29.3 Å². The van der Waals surface area contributed by atoms with Crippen molar-refractivity contribution in [1.29, 1.82) is 0 Å². The molecular formula is C27H27ClN2O4. The number of benzene rings is 2. The van der Waals surface area contributed by atoms with Crippen molar-refractivity contribution in [2.75, 3.05) is 20.8 Å². The summed E-state index contributed by atoms with van der Waals surface area (Å²) in [7, 11) is 3.21. The third kappa shape index (κ3) is 5.02. The molecular weight excluding hydrogens is 452 g/mol. The van der Waals surface area contributed by atoms with E-state index < -0.39 is 0 Å². The molecule has 0 N–H and O–H groups in total. The molecule has 0 saturated heterocycles. The van der Waals surface area contributed by atoms with Gasteiger partial charge in [0.15, 0.2) is 17.3 Å². The van der Waals surface area contributed by atoms with Gasteiger partial charge in [0.05, 0.1) is 26.0 Å². The molecule has 4 aromatic rings. The molecule has 0 spiro atoms. The maximum atomic E-state index is 13.3. The summed E-state index contributed by atoms with van der Waals surface area (Å²) in [6, 6.07) is 15.3. The first-order valence-corrected chi connectivity index (χ1v) is 11.4. The molecule has 7 heteroatoms. The normalized spacial score (nSPS) is 11.0. The molecule has 0 aliphatic heterocycles. The maximum absolute atomic E-state index is 13.3. The SMILES string of the molecule is COc1ccc(CCN(Cc2cc3cc(C)cc(C)c3nc2Cl)C(=O)c2ccco2)cc1OC. The van der Waals surface area contributed by atoms with E-state index in [9.17, 15) is 4.79 Å². The zero-order valence-electron chi connectivity index (χ0n) is 19.7. The lowest BCUT2D eigenvalue weighted by Crippen LogP contribution is -2.32. The summed E-state index contributed by atoms with van der Waals surface area (Å²) in [6.07, 6.45) is 2.11. The standard InChI is InChI=1S/C27H27ClN2O4/c1-17-12-18(2)25-20(13-17)15-21(26(28)29-25)16-30(27(31)23-6-5-11-34-23)10-9-19-7-8-22(32-3)24(14-19)33-4/h5-8,11-15H,9-10,16H2,1-4H3. The maximum Gasteiger partial charge on any atom is 0.289 e. The van der Waals surface area contributed by atoms with Crippen molar-refractivity contribution < 1.29 is 18.7 Å². The number of hydrogen-bond acceptors (Lipinski definition) is 5. The Bertz CT molecular complexity index is 1320. The highest BCUT2D eigenvalue weighted by atomic mass is 35.5. The van der Waals surface area contributed by atoms with Crippen LogP contribution in [0.1, 0.15) is 32.8 Å². The predicted octanol–water partition coefficient (Wildman–Crippen LogP) is 6.00. The molecule has 176 valence electrons. The van der Waals surface area contributed by atoms with Crippen LogP contribution in [0.2, 0.25) is 5.15 Å². The van der Waals surface area contributed by atoms with E-state index >= 15 is 0 Å². The van der Waals surface area contributed by atoms with Crippen molar-refractivity contribution in [2.24, 2.45) is 0 Å².